The van der Waals surface area contributed by atoms with Crippen molar-refractivity contribution in [2.45, 2.75) is 0 Å². The maximum atomic E-state index is 4.30. The molecule has 3 rings (SSSR count). The second kappa shape index (κ2) is 6.00. The maximum Gasteiger partial charge on any atom is 0.141 e. The fraction of sp³-hybridized carbons (Fsp3) is 0. The van der Waals surface area contributed by atoms with Crippen molar-refractivity contribution in [3.05, 3.63) is 70.2 Å². The maximum absolute atomic E-state index is 4.30. The first-order chi connectivity index (χ1) is 9.83. The van der Waals surface area contributed by atoms with E-state index in [1.807, 2.05) is 42.6 Å². The standard InChI is InChI=1S/C16H12IN3/c17-13-6-7-15-14(10-13)16(20-11-19-15)18-9-8-12-4-2-1-3-5-12/h1-11H,(H,18,19,20). The van der Waals surface area contributed by atoms with Gasteiger partial charge in [0.15, 0.2) is 0 Å². The number of anilines is 1. The van der Waals surface area contributed by atoms with Crippen LogP contribution in [0, 0.1) is 3.57 Å². The molecule has 0 radical (unpaired) electrons. The Morgan fingerprint density at radius 2 is 1.85 bits per heavy atom. The Hall–Kier alpha value is -1.95. The quantitative estimate of drug-likeness (QED) is 0.695. The smallest absolute Gasteiger partial charge is 0.141 e. The van der Waals surface area contributed by atoms with Gasteiger partial charge in [0, 0.05) is 15.2 Å². The summed E-state index contributed by atoms with van der Waals surface area (Å²) in [6.07, 6.45) is 5.49. The topological polar surface area (TPSA) is 37.8 Å². The van der Waals surface area contributed by atoms with E-state index in [0.29, 0.717) is 0 Å². The van der Waals surface area contributed by atoms with E-state index in [9.17, 15) is 0 Å². The Morgan fingerprint density at radius 3 is 2.70 bits per heavy atom. The second-order valence-corrected chi connectivity index (χ2v) is 5.52. The molecule has 0 saturated heterocycles. The first-order valence-electron chi connectivity index (χ1n) is 6.21. The Balaban J connectivity index is 1.88. The molecule has 20 heavy (non-hydrogen) atoms. The van der Waals surface area contributed by atoms with Crippen LogP contribution in [-0.2, 0) is 0 Å². The van der Waals surface area contributed by atoms with Crippen LogP contribution in [0.2, 0.25) is 0 Å². The minimum Gasteiger partial charge on any atom is -0.346 e. The van der Waals surface area contributed by atoms with E-state index in [1.54, 1.807) is 6.33 Å². The molecule has 98 valence electrons. The predicted octanol–water partition coefficient (Wildman–Crippen LogP) is 4.32. The lowest BCUT2D eigenvalue weighted by Crippen LogP contribution is -1.94. The van der Waals surface area contributed by atoms with Crippen LogP contribution < -0.4 is 5.32 Å². The number of benzene rings is 2. The average molecular weight is 373 g/mol. The molecule has 1 heterocycles. The summed E-state index contributed by atoms with van der Waals surface area (Å²) < 4.78 is 1.17. The van der Waals surface area contributed by atoms with Crippen molar-refractivity contribution in [3.63, 3.8) is 0 Å². The predicted molar refractivity (Wildman–Crippen MR) is 91.4 cm³/mol. The van der Waals surface area contributed by atoms with Gasteiger partial charge in [-0.3, -0.25) is 0 Å². The van der Waals surface area contributed by atoms with E-state index in [1.165, 1.54) is 3.57 Å². The summed E-state index contributed by atoms with van der Waals surface area (Å²) in [7, 11) is 0. The normalized spacial score (nSPS) is 11.1. The molecule has 1 aromatic heterocycles. The van der Waals surface area contributed by atoms with Gasteiger partial charge in [-0.25, -0.2) is 9.97 Å². The highest BCUT2D eigenvalue weighted by atomic mass is 127. The average Bonchev–Trinajstić information content (AvgIpc) is 2.49. The van der Waals surface area contributed by atoms with Crippen molar-refractivity contribution in [2.75, 3.05) is 5.32 Å². The van der Waals surface area contributed by atoms with Crippen LogP contribution in [0.3, 0.4) is 0 Å². The lowest BCUT2D eigenvalue weighted by molar-refractivity contribution is 1.22. The molecule has 0 aliphatic rings. The SMILES string of the molecule is Ic1ccc2ncnc(NC=Cc3ccccc3)c2c1. The summed E-state index contributed by atoms with van der Waals surface area (Å²) in [6, 6.07) is 16.3. The van der Waals surface area contributed by atoms with Crippen LogP contribution in [0.1, 0.15) is 5.56 Å². The molecule has 1 N–H and O–H groups in total. The third-order valence-corrected chi connectivity index (χ3v) is 3.56. The van der Waals surface area contributed by atoms with Crippen LogP contribution in [0.15, 0.2) is 61.1 Å². The van der Waals surface area contributed by atoms with E-state index in [2.05, 4.69) is 56.1 Å². The number of hydrogen-bond acceptors (Lipinski definition) is 3. The molecule has 0 spiro atoms. The summed E-state index contributed by atoms with van der Waals surface area (Å²) in [4.78, 5) is 8.57. The van der Waals surface area contributed by atoms with E-state index in [0.717, 1.165) is 22.3 Å². The molecule has 0 bridgehead atoms. The number of hydrogen-bond donors (Lipinski definition) is 1. The first kappa shape index (κ1) is 13.1. The van der Waals surface area contributed by atoms with Crippen LogP contribution in [0.5, 0.6) is 0 Å². The minimum atomic E-state index is 0.820. The minimum absolute atomic E-state index is 0.820. The third-order valence-electron chi connectivity index (χ3n) is 2.89. The van der Waals surface area contributed by atoms with Crippen molar-refractivity contribution >= 4 is 45.4 Å². The molecule has 0 aliphatic carbocycles. The zero-order chi connectivity index (χ0) is 13.8. The van der Waals surface area contributed by atoms with Crippen molar-refractivity contribution in [2.24, 2.45) is 0 Å². The fourth-order valence-electron chi connectivity index (χ4n) is 1.92. The van der Waals surface area contributed by atoms with E-state index in [-0.39, 0.29) is 0 Å². The second-order valence-electron chi connectivity index (χ2n) is 4.27. The van der Waals surface area contributed by atoms with Crippen LogP contribution in [0.25, 0.3) is 17.0 Å². The van der Waals surface area contributed by atoms with Crippen LogP contribution in [-0.4, -0.2) is 9.97 Å². The number of fused-ring (bicyclic) bond motifs is 1. The zero-order valence-corrected chi connectivity index (χ0v) is 12.8. The first-order valence-corrected chi connectivity index (χ1v) is 7.29. The van der Waals surface area contributed by atoms with Gasteiger partial charge in [-0.2, -0.15) is 0 Å². The number of nitrogens with zero attached hydrogens (tertiary/aromatic N) is 2. The number of aromatic nitrogens is 2. The van der Waals surface area contributed by atoms with Crippen molar-refractivity contribution < 1.29 is 0 Å². The third kappa shape index (κ3) is 2.96. The van der Waals surface area contributed by atoms with Gasteiger partial charge in [-0.1, -0.05) is 30.3 Å². The Morgan fingerprint density at radius 1 is 1.00 bits per heavy atom. The van der Waals surface area contributed by atoms with Gasteiger partial charge in [-0.05, 0) is 52.4 Å². The molecular formula is C16H12IN3. The molecule has 0 aliphatic heterocycles. The molecule has 0 fully saturated rings. The summed E-state index contributed by atoms with van der Waals surface area (Å²) >= 11 is 2.29. The van der Waals surface area contributed by atoms with Gasteiger partial charge in [-0.15, -0.1) is 0 Å². The molecule has 0 unspecified atom stereocenters. The zero-order valence-electron chi connectivity index (χ0n) is 10.6. The highest BCUT2D eigenvalue weighted by Gasteiger charge is 2.02. The molecule has 2 aromatic carbocycles. The lowest BCUT2D eigenvalue weighted by Gasteiger charge is -2.04. The Bertz CT molecular complexity index is 754. The molecule has 0 amide bonds. The van der Waals surface area contributed by atoms with Gasteiger partial charge in [0.05, 0.1) is 5.52 Å². The number of rotatable bonds is 3. The molecular weight excluding hydrogens is 361 g/mol. The van der Waals surface area contributed by atoms with Crippen LogP contribution in [0.4, 0.5) is 5.82 Å². The number of nitrogens with one attached hydrogen (secondary N) is 1. The van der Waals surface area contributed by atoms with E-state index in [4.69, 9.17) is 0 Å². The lowest BCUT2D eigenvalue weighted by atomic mass is 10.2. The molecule has 0 saturated carbocycles. The van der Waals surface area contributed by atoms with Crippen molar-refractivity contribution in [1.29, 1.82) is 0 Å². The largest absolute Gasteiger partial charge is 0.346 e. The van der Waals surface area contributed by atoms with Crippen molar-refractivity contribution in [3.8, 4) is 0 Å². The van der Waals surface area contributed by atoms with Crippen molar-refractivity contribution in [1.82, 2.24) is 9.97 Å². The summed E-state index contributed by atoms with van der Waals surface area (Å²) in [5.74, 6) is 0.820. The van der Waals surface area contributed by atoms with Gasteiger partial charge in [0.25, 0.3) is 0 Å². The Kier molecular flexibility index (Phi) is 3.92. The monoisotopic (exact) mass is 373 g/mol. The molecule has 0 atom stereocenters. The van der Waals surface area contributed by atoms with Gasteiger partial charge >= 0.3 is 0 Å². The number of halogens is 1. The highest BCUT2D eigenvalue weighted by Crippen LogP contribution is 2.21. The summed E-state index contributed by atoms with van der Waals surface area (Å²) in [6.45, 7) is 0. The van der Waals surface area contributed by atoms with E-state index < -0.39 is 0 Å². The van der Waals surface area contributed by atoms with Crippen LogP contribution >= 0.6 is 22.6 Å². The summed E-state index contributed by atoms with van der Waals surface area (Å²) in [5.41, 5.74) is 2.09. The van der Waals surface area contributed by atoms with E-state index >= 15 is 0 Å². The van der Waals surface area contributed by atoms with Gasteiger partial charge < -0.3 is 5.32 Å². The van der Waals surface area contributed by atoms with Gasteiger partial charge in [0.2, 0.25) is 0 Å². The molecule has 4 heteroatoms. The summed E-state index contributed by atoms with van der Waals surface area (Å²) in [5, 5.41) is 4.25. The van der Waals surface area contributed by atoms with Gasteiger partial charge in [0.1, 0.15) is 12.1 Å². The Labute approximate surface area is 130 Å². The fourth-order valence-corrected chi connectivity index (χ4v) is 2.42. The molecule has 3 nitrogen and oxygen atoms in total. The highest BCUT2D eigenvalue weighted by molar-refractivity contribution is 14.1. The molecule has 3 aromatic rings.